The highest BCUT2D eigenvalue weighted by Crippen LogP contribution is 2.29. The van der Waals surface area contributed by atoms with Gasteiger partial charge in [0.05, 0.1) is 18.6 Å². The smallest absolute Gasteiger partial charge is 0.332 e. The van der Waals surface area contributed by atoms with Crippen molar-refractivity contribution < 1.29 is 19.0 Å². The molecule has 0 unspecified atom stereocenters. The highest BCUT2D eigenvalue weighted by atomic mass is 16.5. The molecule has 0 aliphatic carbocycles. The number of benzene rings is 2. The normalized spacial score (nSPS) is 11.0. The molecule has 8 heteroatoms. The van der Waals surface area contributed by atoms with E-state index < -0.39 is 5.97 Å². The second kappa shape index (κ2) is 9.50. The average Bonchev–Trinajstić information content (AvgIpc) is 2.74. The molecule has 150 valence electrons. The number of carbonyl (C=O) groups excluding carboxylic acids is 1. The Morgan fingerprint density at radius 3 is 2.62 bits per heavy atom. The Bertz CT molecular complexity index is 1090. The van der Waals surface area contributed by atoms with Gasteiger partial charge in [-0.05, 0) is 49.8 Å². The number of fused-ring (bicyclic) bond motifs is 1. The van der Waals surface area contributed by atoms with Gasteiger partial charge in [0.2, 0.25) is 0 Å². The number of hydrogen-bond acceptors (Lipinski definition) is 7. The lowest BCUT2D eigenvalue weighted by Gasteiger charge is -2.11. The minimum atomic E-state index is -0.612. The van der Waals surface area contributed by atoms with Gasteiger partial charge in [-0.3, -0.25) is 4.79 Å². The summed E-state index contributed by atoms with van der Waals surface area (Å²) in [5, 5.41) is 8.13. The molecule has 1 aromatic heterocycles. The van der Waals surface area contributed by atoms with Crippen LogP contribution in [-0.4, -0.2) is 34.2 Å². The fourth-order valence-corrected chi connectivity index (χ4v) is 2.62. The molecule has 1 heterocycles. The van der Waals surface area contributed by atoms with Crippen molar-refractivity contribution in [2.24, 2.45) is 0 Å². The first-order valence-corrected chi connectivity index (χ1v) is 9.19. The van der Waals surface area contributed by atoms with Crippen LogP contribution >= 0.6 is 0 Å². The molecule has 2 aromatic carbocycles. The van der Waals surface area contributed by atoms with Crippen LogP contribution in [0.1, 0.15) is 19.4 Å². The number of carbonyl (C=O) groups is 1. The Morgan fingerprint density at radius 2 is 1.83 bits per heavy atom. The zero-order valence-corrected chi connectivity index (χ0v) is 16.2. The van der Waals surface area contributed by atoms with Crippen molar-refractivity contribution in [1.82, 2.24) is 15.0 Å². The van der Waals surface area contributed by atoms with Crippen LogP contribution in [0.4, 0.5) is 0 Å². The van der Waals surface area contributed by atoms with E-state index in [9.17, 15) is 9.59 Å². The van der Waals surface area contributed by atoms with E-state index in [1.54, 1.807) is 48.5 Å². The van der Waals surface area contributed by atoms with Gasteiger partial charge in [-0.2, -0.15) is 4.68 Å². The summed E-state index contributed by atoms with van der Waals surface area (Å²) in [5.41, 5.74) is 0.859. The topological polar surface area (TPSA) is 92.5 Å². The molecule has 29 heavy (non-hydrogen) atoms. The van der Waals surface area contributed by atoms with E-state index in [-0.39, 0.29) is 12.3 Å². The van der Waals surface area contributed by atoms with Crippen LogP contribution in [0.3, 0.4) is 0 Å². The van der Waals surface area contributed by atoms with E-state index in [0.717, 1.165) is 10.2 Å². The fourth-order valence-electron chi connectivity index (χ4n) is 2.62. The number of nitrogens with zero attached hydrogens (tertiary/aromatic N) is 3. The van der Waals surface area contributed by atoms with Crippen molar-refractivity contribution in [3.8, 4) is 11.5 Å². The molecule has 0 saturated carbocycles. The van der Waals surface area contributed by atoms with Gasteiger partial charge in [-0.25, -0.2) is 4.79 Å². The Balaban J connectivity index is 1.66. The summed E-state index contributed by atoms with van der Waals surface area (Å²) in [6, 6.07) is 12.2. The maximum atomic E-state index is 12.3. The third-order valence-corrected chi connectivity index (χ3v) is 3.94. The Hall–Kier alpha value is -3.68. The molecule has 0 radical (unpaired) electrons. The van der Waals surface area contributed by atoms with Crippen LogP contribution in [-0.2, 0) is 16.3 Å². The fraction of sp³-hybridized carbons (Fsp3) is 0.238. The SMILES string of the molecule is CCOc1ccc(/C=C/C(=O)OCn2nnc3ccccc3c2=O)cc1OCC. The number of hydrogen-bond donors (Lipinski definition) is 0. The van der Waals surface area contributed by atoms with Crippen molar-refractivity contribution >= 4 is 22.9 Å². The predicted molar refractivity (Wildman–Crippen MR) is 108 cm³/mol. The minimum absolute atomic E-state index is 0.326. The van der Waals surface area contributed by atoms with E-state index in [4.69, 9.17) is 14.2 Å². The summed E-state index contributed by atoms with van der Waals surface area (Å²) in [6.07, 6.45) is 2.86. The summed E-state index contributed by atoms with van der Waals surface area (Å²) < 4.78 is 17.2. The van der Waals surface area contributed by atoms with Gasteiger partial charge in [-0.15, -0.1) is 5.10 Å². The molecule has 0 amide bonds. The number of aromatic nitrogens is 3. The van der Waals surface area contributed by atoms with E-state index in [2.05, 4.69) is 10.3 Å². The molecule has 0 spiro atoms. The van der Waals surface area contributed by atoms with Crippen molar-refractivity contribution in [2.45, 2.75) is 20.6 Å². The summed E-state index contributed by atoms with van der Waals surface area (Å²) in [7, 11) is 0. The summed E-state index contributed by atoms with van der Waals surface area (Å²) in [4.78, 5) is 24.3. The highest BCUT2D eigenvalue weighted by molar-refractivity contribution is 5.87. The molecule has 0 aliphatic heterocycles. The van der Waals surface area contributed by atoms with Gasteiger partial charge in [0.1, 0.15) is 5.52 Å². The first-order valence-electron chi connectivity index (χ1n) is 9.19. The lowest BCUT2D eigenvalue weighted by molar-refractivity contribution is -0.141. The summed E-state index contributed by atoms with van der Waals surface area (Å²) in [5.74, 6) is 0.630. The summed E-state index contributed by atoms with van der Waals surface area (Å²) in [6.45, 7) is 4.47. The van der Waals surface area contributed by atoms with Crippen LogP contribution in [0, 0.1) is 0 Å². The van der Waals surface area contributed by atoms with Gasteiger partial charge >= 0.3 is 5.97 Å². The lowest BCUT2D eigenvalue weighted by Crippen LogP contribution is -2.26. The Kier molecular flexibility index (Phi) is 6.57. The average molecular weight is 395 g/mol. The molecule has 8 nitrogen and oxygen atoms in total. The first kappa shape index (κ1) is 20.1. The highest BCUT2D eigenvalue weighted by Gasteiger charge is 2.08. The molecule has 0 N–H and O–H groups in total. The third-order valence-electron chi connectivity index (χ3n) is 3.94. The predicted octanol–water partition coefficient (Wildman–Crippen LogP) is 2.80. The molecule has 3 rings (SSSR count). The van der Waals surface area contributed by atoms with Crippen LogP contribution in [0.5, 0.6) is 11.5 Å². The third kappa shape index (κ3) is 4.98. The van der Waals surface area contributed by atoms with Gasteiger partial charge in [-0.1, -0.05) is 23.4 Å². The first-order chi connectivity index (χ1) is 14.1. The van der Waals surface area contributed by atoms with Crippen LogP contribution in [0.15, 0.2) is 53.3 Å². The van der Waals surface area contributed by atoms with Crippen molar-refractivity contribution in [2.75, 3.05) is 13.2 Å². The summed E-state index contributed by atoms with van der Waals surface area (Å²) >= 11 is 0. The molecular weight excluding hydrogens is 374 g/mol. The van der Waals surface area contributed by atoms with E-state index in [0.29, 0.717) is 35.6 Å². The maximum Gasteiger partial charge on any atom is 0.332 e. The Labute approximate surface area is 167 Å². The van der Waals surface area contributed by atoms with Gasteiger partial charge in [0.25, 0.3) is 5.56 Å². The standard InChI is InChI=1S/C21H21N3O5/c1-3-27-18-11-9-15(13-19(18)28-4-2)10-12-20(25)29-14-24-21(26)16-7-5-6-8-17(16)22-23-24/h5-13H,3-4,14H2,1-2H3/b12-10+. The van der Waals surface area contributed by atoms with Crippen LogP contribution < -0.4 is 15.0 Å². The second-order valence-electron chi connectivity index (χ2n) is 5.91. The minimum Gasteiger partial charge on any atom is -0.490 e. The zero-order chi connectivity index (χ0) is 20.6. The molecule has 0 atom stereocenters. The largest absolute Gasteiger partial charge is 0.490 e. The number of rotatable bonds is 8. The van der Waals surface area contributed by atoms with Crippen molar-refractivity contribution in [3.63, 3.8) is 0 Å². The zero-order valence-electron chi connectivity index (χ0n) is 16.2. The number of ether oxygens (including phenoxy) is 3. The van der Waals surface area contributed by atoms with Gasteiger partial charge < -0.3 is 14.2 Å². The molecule has 0 fully saturated rings. The van der Waals surface area contributed by atoms with Crippen LogP contribution in [0.25, 0.3) is 17.0 Å². The molecule has 0 aliphatic rings. The van der Waals surface area contributed by atoms with Crippen molar-refractivity contribution in [3.05, 3.63) is 64.5 Å². The molecule has 3 aromatic rings. The second-order valence-corrected chi connectivity index (χ2v) is 5.91. The monoisotopic (exact) mass is 395 g/mol. The van der Waals surface area contributed by atoms with E-state index in [1.165, 1.54) is 6.08 Å². The van der Waals surface area contributed by atoms with Crippen molar-refractivity contribution in [1.29, 1.82) is 0 Å². The maximum absolute atomic E-state index is 12.3. The lowest BCUT2D eigenvalue weighted by atomic mass is 10.2. The van der Waals surface area contributed by atoms with Gasteiger partial charge in [0, 0.05) is 6.08 Å². The number of esters is 1. The van der Waals surface area contributed by atoms with Gasteiger partial charge in [0.15, 0.2) is 18.2 Å². The van der Waals surface area contributed by atoms with Crippen LogP contribution in [0.2, 0.25) is 0 Å². The quantitative estimate of drug-likeness (QED) is 0.428. The molecule has 0 bridgehead atoms. The Morgan fingerprint density at radius 1 is 1.07 bits per heavy atom. The molecule has 0 saturated heterocycles. The molecular formula is C21H21N3O5. The van der Waals surface area contributed by atoms with E-state index in [1.807, 2.05) is 13.8 Å². The van der Waals surface area contributed by atoms with E-state index >= 15 is 0 Å².